The Kier molecular flexibility index (Phi) is 5.64. The van der Waals surface area contributed by atoms with Gasteiger partial charge in [0.1, 0.15) is 12.7 Å². The lowest BCUT2D eigenvalue weighted by Crippen LogP contribution is -2.36. The second kappa shape index (κ2) is 8.89. The molecule has 0 radical (unpaired) electrons. The number of urea groups is 1. The lowest BCUT2D eigenvalue weighted by molar-refractivity contribution is 0.0165. The number of hydrogen-bond donors (Lipinski definition) is 2. The third-order valence-corrected chi connectivity index (χ3v) is 8.23. The average Bonchev–Trinajstić information content (AvgIpc) is 3.62. The summed E-state index contributed by atoms with van der Waals surface area (Å²) in [6.07, 6.45) is 7.24. The fraction of sp³-hybridized carbons (Fsp3) is 0.320. The largest absolute Gasteiger partial charge is 0.474 e. The molecule has 1 aromatic carbocycles. The Morgan fingerprint density at radius 3 is 2.92 bits per heavy atom. The van der Waals surface area contributed by atoms with E-state index in [2.05, 4.69) is 26.3 Å². The molecular formula is C25H26N6O5S. The van der Waals surface area contributed by atoms with Gasteiger partial charge in [-0.2, -0.15) is 10.2 Å². The van der Waals surface area contributed by atoms with Gasteiger partial charge in [-0.3, -0.25) is 0 Å². The first kappa shape index (κ1) is 23.5. The third kappa shape index (κ3) is 4.11. The molecule has 0 fully saturated rings. The number of aromatic nitrogens is 4. The predicted molar refractivity (Wildman–Crippen MR) is 135 cm³/mol. The van der Waals surface area contributed by atoms with Gasteiger partial charge in [0, 0.05) is 30.6 Å². The number of hydrogen-bond acceptors (Lipinski definition) is 7. The summed E-state index contributed by atoms with van der Waals surface area (Å²) >= 11 is 0. The predicted octanol–water partition coefficient (Wildman–Crippen LogP) is 2.91. The van der Waals surface area contributed by atoms with E-state index < -0.39 is 16.1 Å². The molecule has 12 heteroatoms. The second-order valence-electron chi connectivity index (χ2n) is 9.28. The minimum absolute atomic E-state index is 0.0817. The molecule has 4 heterocycles. The van der Waals surface area contributed by atoms with E-state index >= 15 is 0 Å². The molecule has 0 bridgehead atoms. The van der Waals surface area contributed by atoms with Gasteiger partial charge in [-0.15, -0.1) is 0 Å². The number of nitrogens with zero attached hydrogens (tertiary/aromatic N) is 4. The quantitative estimate of drug-likeness (QED) is 0.412. The van der Waals surface area contributed by atoms with Crippen molar-refractivity contribution in [3.63, 3.8) is 0 Å². The number of nitrogens with one attached hydrogen (secondary N) is 2. The molecule has 2 aliphatic rings. The Balaban J connectivity index is 1.33. The van der Waals surface area contributed by atoms with E-state index in [1.54, 1.807) is 17.8 Å². The van der Waals surface area contributed by atoms with Crippen LogP contribution in [0.4, 0.5) is 10.5 Å². The van der Waals surface area contributed by atoms with Crippen LogP contribution in [0, 0.1) is 6.92 Å². The fourth-order valence-electron chi connectivity index (χ4n) is 5.16. The minimum atomic E-state index is -4.25. The van der Waals surface area contributed by atoms with Crippen molar-refractivity contribution < 1.29 is 22.7 Å². The van der Waals surface area contributed by atoms with E-state index in [-0.39, 0.29) is 23.5 Å². The minimum Gasteiger partial charge on any atom is -0.474 e. The number of methoxy groups -OCH3 is 1. The molecule has 2 amide bonds. The number of benzene rings is 1. The number of pyridine rings is 1. The van der Waals surface area contributed by atoms with Crippen LogP contribution in [0.15, 0.2) is 47.8 Å². The normalized spacial score (nSPS) is 16.8. The number of amides is 2. The summed E-state index contributed by atoms with van der Waals surface area (Å²) in [7, 11) is -2.70. The first-order valence-corrected chi connectivity index (χ1v) is 13.5. The number of carbonyl (C=O) groups is 1. The Morgan fingerprint density at radius 2 is 2.08 bits per heavy atom. The zero-order chi connectivity index (χ0) is 25.7. The standard InChI is InChI=1S/C25H26N6O5S/c1-15-10-16-4-3-5-20(16)23(22(15)17-6-7-18-8-9-26-30(18)12-17)28-25(32)29-37(33,34)21-11-27-31-13-19(35-2)14-36-24(21)31/h6-12,19H,3-5,13-14H2,1-2H3,(H2,28,29,32). The molecule has 1 aliphatic heterocycles. The number of fused-ring (bicyclic) bond motifs is 3. The van der Waals surface area contributed by atoms with Gasteiger partial charge >= 0.3 is 6.03 Å². The maximum atomic E-state index is 13.1. The number of carbonyl (C=O) groups excluding carboxylic acids is 1. The smallest absolute Gasteiger partial charge is 0.333 e. The summed E-state index contributed by atoms with van der Waals surface area (Å²) in [5.74, 6) is 0.0817. The zero-order valence-corrected chi connectivity index (χ0v) is 21.2. The Labute approximate surface area is 213 Å². The van der Waals surface area contributed by atoms with Crippen LogP contribution in [0.5, 0.6) is 5.88 Å². The maximum Gasteiger partial charge on any atom is 0.333 e. The van der Waals surface area contributed by atoms with Crippen LogP contribution in [-0.4, -0.2) is 53.7 Å². The van der Waals surface area contributed by atoms with Gasteiger partial charge in [0.2, 0.25) is 5.88 Å². The number of sulfonamides is 1. The van der Waals surface area contributed by atoms with Gasteiger partial charge in [-0.05, 0) is 55.0 Å². The van der Waals surface area contributed by atoms with Gasteiger partial charge in [0.15, 0.2) is 4.90 Å². The van der Waals surface area contributed by atoms with Gasteiger partial charge in [0.05, 0.1) is 23.9 Å². The molecule has 11 nitrogen and oxygen atoms in total. The lowest BCUT2D eigenvalue weighted by Gasteiger charge is -2.23. The number of aryl methyl sites for hydroxylation is 2. The maximum absolute atomic E-state index is 13.1. The number of anilines is 1. The fourth-order valence-corrected chi connectivity index (χ4v) is 6.14. The summed E-state index contributed by atoms with van der Waals surface area (Å²) in [4.78, 5) is 13.0. The van der Waals surface area contributed by atoms with Crippen molar-refractivity contribution in [1.82, 2.24) is 24.1 Å². The Morgan fingerprint density at radius 1 is 1.22 bits per heavy atom. The molecule has 2 N–H and O–H groups in total. The molecule has 1 aliphatic carbocycles. The van der Waals surface area contributed by atoms with Crippen LogP contribution in [0.25, 0.3) is 16.6 Å². The molecule has 192 valence electrons. The highest BCUT2D eigenvalue weighted by Gasteiger charge is 2.31. The summed E-state index contributed by atoms with van der Waals surface area (Å²) in [6, 6.07) is 7.14. The Bertz CT molecular complexity index is 1640. The highest BCUT2D eigenvalue weighted by molar-refractivity contribution is 7.90. The topological polar surface area (TPSA) is 129 Å². The van der Waals surface area contributed by atoms with Crippen LogP contribution < -0.4 is 14.8 Å². The summed E-state index contributed by atoms with van der Waals surface area (Å²) in [5, 5.41) is 11.3. The van der Waals surface area contributed by atoms with Crippen molar-refractivity contribution in [2.75, 3.05) is 19.0 Å². The monoisotopic (exact) mass is 522 g/mol. The molecule has 37 heavy (non-hydrogen) atoms. The summed E-state index contributed by atoms with van der Waals surface area (Å²) < 4.78 is 42.5. The van der Waals surface area contributed by atoms with Crippen LogP contribution in [0.1, 0.15) is 23.1 Å². The lowest BCUT2D eigenvalue weighted by atomic mass is 9.93. The second-order valence-corrected chi connectivity index (χ2v) is 10.9. The SMILES string of the molecule is COC1COc2c(S(=O)(=O)NC(=O)Nc3c4c(cc(C)c3-c3ccc5ccnn5c3)CCC4)cnn2C1. The summed E-state index contributed by atoms with van der Waals surface area (Å²) in [6.45, 7) is 2.54. The first-order valence-electron chi connectivity index (χ1n) is 12.0. The van der Waals surface area contributed by atoms with E-state index in [4.69, 9.17) is 9.47 Å². The molecule has 0 saturated carbocycles. The molecule has 1 unspecified atom stereocenters. The Hall–Kier alpha value is -3.90. The highest BCUT2D eigenvalue weighted by atomic mass is 32.2. The van der Waals surface area contributed by atoms with Crippen molar-refractivity contribution in [2.24, 2.45) is 0 Å². The van der Waals surface area contributed by atoms with E-state index in [0.29, 0.717) is 12.2 Å². The van der Waals surface area contributed by atoms with Crippen LogP contribution in [-0.2, 0) is 34.1 Å². The van der Waals surface area contributed by atoms with Crippen molar-refractivity contribution >= 4 is 27.3 Å². The van der Waals surface area contributed by atoms with Crippen LogP contribution >= 0.6 is 0 Å². The number of rotatable bonds is 5. The number of ether oxygens (including phenoxy) is 2. The van der Waals surface area contributed by atoms with E-state index in [1.165, 1.54) is 10.9 Å². The molecule has 0 saturated heterocycles. The third-order valence-electron chi connectivity index (χ3n) is 6.91. The molecule has 3 aromatic heterocycles. The van der Waals surface area contributed by atoms with E-state index in [0.717, 1.165) is 52.6 Å². The van der Waals surface area contributed by atoms with Crippen molar-refractivity contribution in [1.29, 1.82) is 0 Å². The highest BCUT2D eigenvalue weighted by Crippen LogP contribution is 2.40. The molecular weight excluding hydrogens is 496 g/mol. The van der Waals surface area contributed by atoms with Crippen molar-refractivity contribution in [3.8, 4) is 17.0 Å². The van der Waals surface area contributed by atoms with Gasteiger partial charge < -0.3 is 14.8 Å². The van der Waals surface area contributed by atoms with Gasteiger partial charge in [-0.25, -0.2) is 27.1 Å². The van der Waals surface area contributed by atoms with Crippen LogP contribution in [0.3, 0.4) is 0 Å². The van der Waals surface area contributed by atoms with Crippen molar-refractivity contribution in [2.45, 2.75) is 43.7 Å². The average molecular weight is 523 g/mol. The van der Waals surface area contributed by atoms with Crippen molar-refractivity contribution in [3.05, 3.63) is 59.5 Å². The molecule has 1 atom stereocenters. The molecule has 6 rings (SSSR count). The molecule has 0 spiro atoms. The molecule has 4 aromatic rings. The zero-order valence-electron chi connectivity index (χ0n) is 20.4. The van der Waals surface area contributed by atoms with Crippen LogP contribution in [0.2, 0.25) is 0 Å². The summed E-state index contributed by atoms with van der Waals surface area (Å²) in [5.41, 5.74) is 6.43. The first-order chi connectivity index (χ1) is 17.8. The van der Waals surface area contributed by atoms with E-state index in [1.807, 2.05) is 31.3 Å². The van der Waals surface area contributed by atoms with Gasteiger partial charge in [-0.1, -0.05) is 12.1 Å². The van der Waals surface area contributed by atoms with E-state index in [9.17, 15) is 13.2 Å². The van der Waals surface area contributed by atoms with Gasteiger partial charge in [0.25, 0.3) is 10.0 Å².